The lowest BCUT2D eigenvalue weighted by Crippen LogP contribution is -2.49. The first kappa shape index (κ1) is 34.7. The molecular weight excluding hydrogens is 607 g/mol. The first-order valence-corrected chi connectivity index (χ1v) is 19.7. The monoisotopic (exact) mass is 655 g/mol. The van der Waals surface area contributed by atoms with E-state index >= 15 is 0 Å². The Morgan fingerprint density at radius 3 is 2.18 bits per heavy atom. The predicted molar refractivity (Wildman–Crippen MR) is 182 cm³/mol. The number of ether oxygens (including phenoxy) is 3. The quantitative estimate of drug-likeness (QED) is 0.161. The fraction of sp³-hybridized carbons (Fsp3) is 0.500. The number of methoxy groups -OCH3 is 1. The zero-order valence-corrected chi connectivity index (χ0v) is 29.8. The Bertz CT molecular complexity index is 1540. The van der Waals surface area contributed by atoms with E-state index in [4.69, 9.17) is 18.6 Å². The lowest BCUT2D eigenvalue weighted by molar-refractivity contribution is 0.0920. The van der Waals surface area contributed by atoms with Crippen molar-refractivity contribution in [3.05, 3.63) is 60.4 Å². The molecule has 246 valence electrons. The van der Waals surface area contributed by atoms with Gasteiger partial charge in [-0.3, -0.25) is 0 Å². The molecule has 2 aromatic heterocycles. The Hall–Kier alpha value is -3.12. The third-order valence-corrected chi connectivity index (χ3v) is 15.5. The molecule has 1 aliphatic rings. The third kappa shape index (κ3) is 8.38. The number of pyridine rings is 1. The average Bonchev–Trinajstić information content (AvgIpc) is 3.63. The molecule has 0 spiro atoms. The van der Waals surface area contributed by atoms with E-state index in [0.717, 1.165) is 35.3 Å². The van der Waals surface area contributed by atoms with Gasteiger partial charge in [-0.2, -0.15) is 0 Å². The van der Waals surface area contributed by atoms with E-state index in [1.807, 2.05) is 25.1 Å². The van der Waals surface area contributed by atoms with Crippen LogP contribution >= 0.6 is 0 Å². The number of rotatable bonds is 15. The molecule has 2 atom stereocenters. The Kier molecular flexibility index (Phi) is 11.2. The fourth-order valence-electron chi connectivity index (χ4n) is 6.50. The summed E-state index contributed by atoms with van der Waals surface area (Å²) in [7, 11) is -3.71. The van der Waals surface area contributed by atoms with Gasteiger partial charge in [0.15, 0.2) is 23.2 Å². The number of aromatic nitrogens is 2. The van der Waals surface area contributed by atoms with Crippen molar-refractivity contribution in [1.82, 2.24) is 15.3 Å². The molecule has 0 unspecified atom stereocenters. The first-order valence-electron chi connectivity index (χ1n) is 15.7. The van der Waals surface area contributed by atoms with Crippen molar-refractivity contribution >= 4 is 23.9 Å². The Morgan fingerprint density at radius 1 is 0.911 bits per heavy atom. The highest BCUT2D eigenvalue weighted by Crippen LogP contribution is 2.42. The second-order valence-corrected chi connectivity index (χ2v) is 20.3. The maximum Gasteiger partial charge on any atom is 0.200 e. The van der Waals surface area contributed by atoms with Crippen molar-refractivity contribution < 1.29 is 27.1 Å². The summed E-state index contributed by atoms with van der Waals surface area (Å²) in [5, 5.41) is 3.68. The number of sulfone groups is 1. The summed E-state index contributed by atoms with van der Waals surface area (Å²) in [5.74, 6) is 1.56. The van der Waals surface area contributed by atoms with Crippen LogP contribution in [0.15, 0.2) is 59.8 Å². The van der Waals surface area contributed by atoms with Crippen LogP contribution in [0.5, 0.6) is 17.2 Å². The molecule has 0 bridgehead atoms. The van der Waals surface area contributed by atoms with Crippen molar-refractivity contribution in [3.8, 4) is 28.5 Å². The number of H-pyrrole nitrogens is 1. The van der Waals surface area contributed by atoms with Crippen LogP contribution < -0.4 is 14.8 Å². The van der Waals surface area contributed by atoms with E-state index in [0.29, 0.717) is 47.1 Å². The molecule has 2 N–H and O–H groups in total. The highest BCUT2D eigenvalue weighted by atomic mass is 32.2. The van der Waals surface area contributed by atoms with Gasteiger partial charge in [-0.15, -0.1) is 0 Å². The van der Waals surface area contributed by atoms with Crippen LogP contribution in [0, 0.1) is 0 Å². The molecule has 45 heavy (non-hydrogen) atoms. The normalized spacial score (nSPS) is 16.3. The van der Waals surface area contributed by atoms with Crippen molar-refractivity contribution in [2.45, 2.75) is 88.7 Å². The lowest BCUT2D eigenvalue weighted by atomic mass is 10.1. The molecule has 0 radical (unpaired) electrons. The highest BCUT2D eigenvalue weighted by Gasteiger charge is 2.45. The standard InChI is InChI=1S/C34H49N3O6SSi/c1-22(2)45(23(3)4,24(5)6)41-21-27-10-12-32(36-27)33-14-13-31(37-33)26-16-29(42-25(7)20-40-8)18-30(17-26)43-28-11-15-34(35-19-28)44(9,38)39/h11-19,22-25,27,36-37H,10,20-21H2,1-9H3/t25-,27+/m0/s1. The van der Waals surface area contributed by atoms with Gasteiger partial charge in [-0.25, -0.2) is 13.4 Å². The van der Waals surface area contributed by atoms with Gasteiger partial charge in [0, 0.05) is 30.7 Å². The zero-order valence-electron chi connectivity index (χ0n) is 28.0. The number of nitrogens with zero attached hydrogens (tertiary/aromatic N) is 1. The van der Waals surface area contributed by atoms with Gasteiger partial charge in [0.25, 0.3) is 0 Å². The second-order valence-electron chi connectivity index (χ2n) is 12.9. The van der Waals surface area contributed by atoms with E-state index in [2.05, 4.69) is 69.0 Å². The maximum absolute atomic E-state index is 11.8. The van der Waals surface area contributed by atoms with E-state index in [1.54, 1.807) is 19.2 Å². The smallest absolute Gasteiger partial charge is 0.200 e. The topological polar surface area (TPSA) is 112 Å². The molecule has 1 aromatic carbocycles. The fourth-order valence-corrected chi connectivity index (χ4v) is 12.5. The largest absolute Gasteiger partial charge is 0.488 e. The molecule has 0 amide bonds. The Morgan fingerprint density at radius 2 is 1.58 bits per heavy atom. The molecule has 3 heterocycles. The minimum Gasteiger partial charge on any atom is -0.488 e. The van der Waals surface area contributed by atoms with Crippen LogP contribution in [-0.4, -0.2) is 65.4 Å². The molecule has 0 fully saturated rings. The predicted octanol–water partition coefficient (Wildman–Crippen LogP) is 7.58. The van der Waals surface area contributed by atoms with Crippen LogP contribution in [0.4, 0.5) is 0 Å². The van der Waals surface area contributed by atoms with E-state index in [-0.39, 0.29) is 17.2 Å². The molecule has 9 nitrogen and oxygen atoms in total. The summed E-state index contributed by atoms with van der Waals surface area (Å²) in [6, 6.07) is 13.0. The van der Waals surface area contributed by atoms with Crippen molar-refractivity contribution in [3.63, 3.8) is 0 Å². The minimum atomic E-state index is -3.41. The third-order valence-electron chi connectivity index (χ3n) is 8.44. The summed E-state index contributed by atoms with van der Waals surface area (Å²) in [6.07, 6.45) is 5.49. The first-order chi connectivity index (χ1) is 21.2. The van der Waals surface area contributed by atoms with Crippen molar-refractivity contribution in [2.24, 2.45) is 0 Å². The highest BCUT2D eigenvalue weighted by molar-refractivity contribution is 7.90. The maximum atomic E-state index is 11.8. The van der Waals surface area contributed by atoms with Gasteiger partial charge in [-0.1, -0.05) is 47.6 Å². The van der Waals surface area contributed by atoms with Gasteiger partial charge < -0.3 is 28.9 Å². The molecule has 0 aliphatic carbocycles. The number of nitrogens with one attached hydrogen (secondary N) is 2. The summed E-state index contributed by atoms with van der Waals surface area (Å²) in [4.78, 5) is 7.60. The number of hydrogen-bond acceptors (Lipinski definition) is 8. The summed E-state index contributed by atoms with van der Waals surface area (Å²) in [6.45, 7) is 17.0. The molecule has 0 saturated carbocycles. The summed E-state index contributed by atoms with van der Waals surface area (Å²) in [5.41, 5.74) is 5.48. The van der Waals surface area contributed by atoms with E-state index < -0.39 is 18.2 Å². The van der Waals surface area contributed by atoms with Crippen molar-refractivity contribution in [2.75, 3.05) is 26.6 Å². The van der Waals surface area contributed by atoms with E-state index in [9.17, 15) is 8.42 Å². The number of aromatic amines is 1. The van der Waals surface area contributed by atoms with Gasteiger partial charge in [0.2, 0.25) is 0 Å². The number of hydrogen-bond donors (Lipinski definition) is 2. The molecule has 1 aliphatic heterocycles. The molecule has 3 aromatic rings. The van der Waals surface area contributed by atoms with Crippen LogP contribution in [0.25, 0.3) is 17.0 Å². The molecule has 0 saturated heterocycles. The zero-order chi connectivity index (χ0) is 32.9. The summed E-state index contributed by atoms with van der Waals surface area (Å²) < 4.78 is 48.0. The van der Waals surface area contributed by atoms with Crippen molar-refractivity contribution in [1.29, 1.82) is 0 Å². The van der Waals surface area contributed by atoms with E-state index in [1.165, 1.54) is 12.3 Å². The van der Waals surface area contributed by atoms with Gasteiger partial charge >= 0.3 is 0 Å². The van der Waals surface area contributed by atoms with Crippen LogP contribution in [0.2, 0.25) is 16.6 Å². The van der Waals surface area contributed by atoms with Gasteiger partial charge in [0.1, 0.15) is 23.4 Å². The van der Waals surface area contributed by atoms with Crippen LogP contribution in [0.1, 0.15) is 60.6 Å². The van der Waals surface area contributed by atoms with Gasteiger partial charge in [0.05, 0.1) is 36.8 Å². The average molecular weight is 656 g/mol. The van der Waals surface area contributed by atoms with Crippen LogP contribution in [0.3, 0.4) is 0 Å². The second kappa shape index (κ2) is 14.5. The Balaban J connectivity index is 1.52. The Labute approximate surface area is 269 Å². The molecule has 4 rings (SSSR count). The minimum absolute atomic E-state index is 0.00952. The van der Waals surface area contributed by atoms with Gasteiger partial charge in [-0.05, 0) is 66.4 Å². The molecular formula is C34H49N3O6SSi. The SMILES string of the molecule is COC[C@H](C)Oc1cc(Oc2ccc(S(C)(=O)=O)nc2)cc(-c2ccc(C3=CC[C@H](CO[Si](C(C)C)(C(C)C)C(C)C)N3)[nH]2)c1. The lowest BCUT2D eigenvalue weighted by Gasteiger charge is -2.42. The summed E-state index contributed by atoms with van der Waals surface area (Å²) >= 11 is 0. The number of benzene rings is 1. The molecule has 11 heteroatoms. The van der Waals surface area contributed by atoms with Crippen LogP contribution in [-0.2, 0) is 19.0 Å².